The van der Waals surface area contributed by atoms with Crippen molar-refractivity contribution in [3.8, 4) is 5.75 Å². The molecule has 1 aliphatic heterocycles. The molecule has 30 heavy (non-hydrogen) atoms. The Balaban J connectivity index is 1.57. The summed E-state index contributed by atoms with van der Waals surface area (Å²) >= 11 is 0. The Bertz CT molecular complexity index is 866. The van der Waals surface area contributed by atoms with Gasteiger partial charge in [-0.25, -0.2) is 8.78 Å². The third kappa shape index (κ3) is 5.78. The first-order chi connectivity index (χ1) is 14.1. The van der Waals surface area contributed by atoms with E-state index in [1.165, 1.54) is 17.7 Å². The number of nitrogens with zero attached hydrogens (tertiary/aromatic N) is 1. The summed E-state index contributed by atoms with van der Waals surface area (Å²) in [6.45, 7) is 10.7. The zero-order valence-corrected chi connectivity index (χ0v) is 18.1. The summed E-state index contributed by atoms with van der Waals surface area (Å²) in [7, 11) is 0. The molecule has 164 valence electrons. The number of aliphatic hydroxyl groups excluding tert-OH is 1. The number of hydrogen-bond donors (Lipinski definition) is 1. The molecule has 2 atom stereocenters. The van der Waals surface area contributed by atoms with E-state index in [9.17, 15) is 13.9 Å². The van der Waals surface area contributed by atoms with Crippen LogP contribution in [0.4, 0.5) is 8.78 Å². The predicted molar refractivity (Wildman–Crippen MR) is 113 cm³/mol. The lowest BCUT2D eigenvalue weighted by atomic mass is 9.85. The second-order valence-corrected chi connectivity index (χ2v) is 9.01. The second-order valence-electron chi connectivity index (χ2n) is 9.01. The molecule has 2 unspecified atom stereocenters. The van der Waals surface area contributed by atoms with Crippen molar-refractivity contribution in [1.82, 2.24) is 4.90 Å². The van der Waals surface area contributed by atoms with Crippen molar-refractivity contribution in [2.45, 2.75) is 45.3 Å². The van der Waals surface area contributed by atoms with Gasteiger partial charge in [0.2, 0.25) is 0 Å². The van der Waals surface area contributed by atoms with Crippen LogP contribution in [0.5, 0.6) is 5.75 Å². The highest BCUT2D eigenvalue weighted by molar-refractivity contribution is 5.41. The van der Waals surface area contributed by atoms with Crippen LogP contribution in [0.15, 0.2) is 36.4 Å². The van der Waals surface area contributed by atoms with Gasteiger partial charge in [0.1, 0.15) is 18.5 Å². The molecule has 0 aromatic heterocycles. The number of benzene rings is 2. The molecule has 6 heteroatoms. The summed E-state index contributed by atoms with van der Waals surface area (Å²) in [5, 5.41) is 10.5. The third-order valence-electron chi connectivity index (χ3n) is 5.31. The lowest BCUT2D eigenvalue weighted by molar-refractivity contribution is -0.0461. The molecule has 0 spiro atoms. The molecule has 0 saturated carbocycles. The molecule has 1 aliphatic rings. The maximum atomic E-state index is 13.5. The average molecular weight is 420 g/mol. The molecular weight excluding hydrogens is 388 g/mol. The van der Waals surface area contributed by atoms with Crippen LogP contribution >= 0.6 is 0 Å². The van der Waals surface area contributed by atoms with Crippen LogP contribution in [-0.4, -0.2) is 49.0 Å². The number of β-amino-alcohol motifs (C(OH)–C–C–N with tert-alkyl or cyclic N) is 1. The van der Waals surface area contributed by atoms with E-state index >= 15 is 0 Å². The first kappa shape index (κ1) is 22.7. The van der Waals surface area contributed by atoms with E-state index in [1.807, 2.05) is 12.1 Å². The number of rotatable bonds is 6. The zero-order chi connectivity index (χ0) is 21.9. The van der Waals surface area contributed by atoms with E-state index in [1.54, 1.807) is 0 Å². The fourth-order valence-corrected chi connectivity index (χ4v) is 3.68. The topological polar surface area (TPSA) is 41.9 Å². The van der Waals surface area contributed by atoms with Crippen molar-refractivity contribution >= 4 is 0 Å². The van der Waals surface area contributed by atoms with E-state index in [2.05, 4.69) is 38.7 Å². The summed E-state index contributed by atoms with van der Waals surface area (Å²) in [5.74, 6) is -0.965. The minimum absolute atomic E-state index is 0.0613. The van der Waals surface area contributed by atoms with Gasteiger partial charge in [0.25, 0.3) is 0 Å². The number of halogens is 2. The molecule has 0 bridgehead atoms. The standard InChI is InChI=1S/C24H31F2NO3/c1-16-5-8-22(19(11-16)24(2,3)4)30-15-18(28)13-27-9-10-29-23(14-27)17-6-7-20(25)21(26)12-17/h5-8,11-12,18,23,28H,9-10,13-15H2,1-4H3. The minimum Gasteiger partial charge on any atom is -0.491 e. The Kier molecular flexibility index (Phi) is 7.11. The molecule has 1 N–H and O–H groups in total. The number of aliphatic hydroxyl groups is 1. The van der Waals surface area contributed by atoms with Crippen molar-refractivity contribution < 1.29 is 23.4 Å². The number of ether oxygens (including phenoxy) is 2. The maximum absolute atomic E-state index is 13.5. The molecule has 0 aliphatic carbocycles. The predicted octanol–water partition coefficient (Wildman–Crippen LogP) is 4.38. The van der Waals surface area contributed by atoms with Crippen molar-refractivity contribution in [3.63, 3.8) is 0 Å². The van der Waals surface area contributed by atoms with Gasteiger partial charge in [-0.3, -0.25) is 4.90 Å². The Morgan fingerprint density at radius 1 is 1.17 bits per heavy atom. The SMILES string of the molecule is Cc1ccc(OCC(O)CN2CCOC(c3ccc(F)c(F)c3)C2)c(C(C)(C)C)c1. The van der Waals surface area contributed by atoms with Gasteiger partial charge in [0.05, 0.1) is 12.7 Å². The van der Waals surface area contributed by atoms with Gasteiger partial charge in [0, 0.05) is 19.6 Å². The van der Waals surface area contributed by atoms with Gasteiger partial charge in [0.15, 0.2) is 11.6 Å². The van der Waals surface area contributed by atoms with Crippen LogP contribution in [0, 0.1) is 18.6 Å². The molecule has 1 saturated heterocycles. The van der Waals surface area contributed by atoms with Crippen LogP contribution in [0.25, 0.3) is 0 Å². The molecule has 2 aromatic carbocycles. The molecule has 4 nitrogen and oxygen atoms in total. The van der Waals surface area contributed by atoms with E-state index in [-0.39, 0.29) is 18.1 Å². The summed E-state index contributed by atoms with van der Waals surface area (Å²) in [6, 6.07) is 9.91. The Morgan fingerprint density at radius 2 is 1.93 bits per heavy atom. The summed E-state index contributed by atoms with van der Waals surface area (Å²) in [6.07, 6.45) is -1.03. The number of hydrogen-bond acceptors (Lipinski definition) is 4. The van der Waals surface area contributed by atoms with Gasteiger partial charge in [-0.15, -0.1) is 0 Å². The molecule has 1 heterocycles. The molecular formula is C24H31F2NO3. The number of aryl methyl sites for hydroxylation is 1. The molecule has 1 fully saturated rings. The molecule has 3 rings (SSSR count). The summed E-state index contributed by atoms with van der Waals surface area (Å²) < 4.78 is 38.4. The fourth-order valence-electron chi connectivity index (χ4n) is 3.68. The fraction of sp³-hybridized carbons (Fsp3) is 0.500. The highest BCUT2D eigenvalue weighted by atomic mass is 19.2. The lowest BCUT2D eigenvalue weighted by Crippen LogP contribution is -2.43. The third-order valence-corrected chi connectivity index (χ3v) is 5.31. The van der Waals surface area contributed by atoms with E-state index in [4.69, 9.17) is 9.47 Å². The van der Waals surface area contributed by atoms with Crippen LogP contribution in [0.3, 0.4) is 0 Å². The van der Waals surface area contributed by atoms with Crippen molar-refractivity contribution in [3.05, 3.63) is 64.7 Å². The van der Waals surface area contributed by atoms with Gasteiger partial charge < -0.3 is 14.6 Å². The van der Waals surface area contributed by atoms with Crippen molar-refractivity contribution in [2.75, 3.05) is 32.8 Å². The molecule has 0 amide bonds. The van der Waals surface area contributed by atoms with E-state index in [0.717, 1.165) is 17.4 Å². The normalized spacial score (nSPS) is 19.0. The van der Waals surface area contributed by atoms with Gasteiger partial charge in [-0.05, 0) is 41.7 Å². The van der Waals surface area contributed by atoms with E-state index in [0.29, 0.717) is 31.8 Å². The minimum atomic E-state index is -0.880. The quantitative estimate of drug-likeness (QED) is 0.754. The molecule has 2 aromatic rings. The van der Waals surface area contributed by atoms with E-state index < -0.39 is 17.7 Å². The van der Waals surface area contributed by atoms with Crippen LogP contribution < -0.4 is 4.74 Å². The van der Waals surface area contributed by atoms with Gasteiger partial charge in [-0.1, -0.05) is 44.5 Å². The number of morpholine rings is 1. The van der Waals surface area contributed by atoms with Crippen LogP contribution in [0.1, 0.15) is 43.6 Å². The maximum Gasteiger partial charge on any atom is 0.159 e. The lowest BCUT2D eigenvalue weighted by Gasteiger charge is -2.34. The smallest absolute Gasteiger partial charge is 0.159 e. The first-order valence-corrected chi connectivity index (χ1v) is 10.3. The Hall–Kier alpha value is -2.02. The van der Waals surface area contributed by atoms with Crippen molar-refractivity contribution in [2.24, 2.45) is 0 Å². The first-order valence-electron chi connectivity index (χ1n) is 10.3. The monoisotopic (exact) mass is 419 g/mol. The average Bonchev–Trinajstić information content (AvgIpc) is 2.68. The van der Waals surface area contributed by atoms with Crippen molar-refractivity contribution in [1.29, 1.82) is 0 Å². The van der Waals surface area contributed by atoms with Crippen LogP contribution in [-0.2, 0) is 10.2 Å². The highest BCUT2D eigenvalue weighted by Gasteiger charge is 2.25. The zero-order valence-electron chi connectivity index (χ0n) is 18.1. The summed E-state index contributed by atoms with van der Waals surface area (Å²) in [4.78, 5) is 2.06. The van der Waals surface area contributed by atoms with Crippen LogP contribution in [0.2, 0.25) is 0 Å². The van der Waals surface area contributed by atoms with Gasteiger partial charge in [-0.2, -0.15) is 0 Å². The Labute approximate surface area is 177 Å². The summed E-state index contributed by atoms with van der Waals surface area (Å²) in [5.41, 5.74) is 2.82. The molecule has 0 radical (unpaired) electrons. The second kappa shape index (κ2) is 9.41. The van der Waals surface area contributed by atoms with Gasteiger partial charge >= 0.3 is 0 Å². The Morgan fingerprint density at radius 3 is 2.63 bits per heavy atom. The highest BCUT2D eigenvalue weighted by Crippen LogP contribution is 2.32. The largest absolute Gasteiger partial charge is 0.491 e.